The minimum Gasteiger partial charge on any atom is -0.494 e. The number of hydrogen-bond acceptors (Lipinski definition) is 4. The van der Waals surface area contributed by atoms with Crippen LogP contribution in [-0.2, 0) is 9.59 Å². The summed E-state index contributed by atoms with van der Waals surface area (Å²) in [4.78, 5) is 23.1. The van der Waals surface area contributed by atoms with Gasteiger partial charge >= 0.3 is 5.97 Å². The van der Waals surface area contributed by atoms with Gasteiger partial charge in [-0.05, 0) is 44.2 Å². The third kappa shape index (κ3) is 6.58. The molecule has 0 aliphatic rings. The molecule has 0 saturated carbocycles. The molecule has 1 atom stereocenters. The standard InChI is InChI=1S/C16H24N2O4/c1-3-5-10-17-14(16(20)21)11-15(19)18-12-6-8-13(9-7-12)22-4-2/h6-9,14,17H,3-5,10-11H2,1-2H3,(H,18,19)(H,20,21)/t14-/m1/s1. The van der Waals surface area contributed by atoms with Crippen LogP contribution in [-0.4, -0.2) is 36.2 Å². The highest BCUT2D eigenvalue weighted by atomic mass is 16.5. The molecule has 0 saturated heterocycles. The zero-order valence-electron chi connectivity index (χ0n) is 13.1. The van der Waals surface area contributed by atoms with Crippen LogP contribution in [0.2, 0.25) is 0 Å². The Bertz CT molecular complexity index is 474. The molecule has 1 rings (SSSR count). The third-order valence-electron chi connectivity index (χ3n) is 3.06. The lowest BCUT2D eigenvalue weighted by molar-refractivity contribution is -0.141. The van der Waals surface area contributed by atoms with Gasteiger partial charge in [0.15, 0.2) is 0 Å². The Balaban J connectivity index is 2.50. The van der Waals surface area contributed by atoms with Crippen LogP contribution in [0.1, 0.15) is 33.1 Å². The number of benzene rings is 1. The normalized spacial score (nSPS) is 11.7. The Hall–Kier alpha value is -2.08. The number of carbonyl (C=O) groups is 2. The first kappa shape index (κ1) is 18.0. The van der Waals surface area contributed by atoms with Crippen molar-refractivity contribution in [2.75, 3.05) is 18.5 Å². The molecule has 122 valence electrons. The van der Waals surface area contributed by atoms with E-state index in [2.05, 4.69) is 10.6 Å². The molecule has 3 N–H and O–H groups in total. The van der Waals surface area contributed by atoms with Gasteiger partial charge in [0.05, 0.1) is 13.0 Å². The molecule has 1 aromatic rings. The average molecular weight is 308 g/mol. The Morgan fingerprint density at radius 3 is 2.45 bits per heavy atom. The summed E-state index contributed by atoms with van der Waals surface area (Å²) in [5, 5.41) is 14.7. The fraction of sp³-hybridized carbons (Fsp3) is 0.500. The summed E-state index contributed by atoms with van der Waals surface area (Å²) in [5.41, 5.74) is 0.617. The van der Waals surface area contributed by atoms with Gasteiger partial charge in [-0.25, -0.2) is 0 Å². The molecule has 0 aromatic heterocycles. The van der Waals surface area contributed by atoms with Crippen molar-refractivity contribution in [2.24, 2.45) is 0 Å². The number of nitrogens with one attached hydrogen (secondary N) is 2. The van der Waals surface area contributed by atoms with Gasteiger partial charge in [0.2, 0.25) is 5.91 Å². The first-order valence-electron chi connectivity index (χ1n) is 7.55. The summed E-state index contributed by atoms with van der Waals surface area (Å²) in [6, 6.07) is 6.10. The molecule has 1 aromatic carbocycles. The molecule has 0 spiro atoms. The lowest BCUT2D eigenvalue weighted by Gasteiger charge is -2.14. The summed E-state index contributed by atoms with van der Waals surface area (Å²) >= 11 is 0. The monoisotopic (exact) mass is 308 g/mol. The van der Waals surface area contributed by atoms with Crippen LogP contribution in [0.4, 0.5) is 5.69 Å². The van der Waals surface area contributed by atoms with E-state index in [4.69, 9.17) is 9.84 Å². The topological polar surface area (TPSA) is 87.7 Å². The van der Waals surface area contributed by atoms with E-state index in [9.17, 15) is 9.59 Å². The van der Waals surface area contributed by atoms with E-state index < -0.39 is 12.0 Å². The maximum Gasteiger partial charge on any atom is 0.321 e. The molecular formula is C16H24N2O4. The maximum atomic E-state index is 11.9. The second-order valence-electron chi connectivity index (χ2n) is 4.91. The molecule has 1 amide bonds. The molecule has 0 aliphatic heterocycles. The van der Waals surface area contributed by atoms with E-state index in [-0.39, 0.29) is 12.3 Å². The number of aliphatic carboxylic acids is 1. The molecular weight excluding hydrogens is 284 g/mol. The summed E-state index contributed by atoms with van der Waals surface area (Å²) in [6.45, 7) is 5.09. The highest BCUT2D eigenvalue weighted by molar-refractivity contribution is 5.94. The number of carbonyl (C=O) groups excluding carboxylic acids is 1. The highest BCUT2D eigenvalue weighted by Gasteiger charge is 2.20. The van der Waals surface area contributed by atoms with Crippen LogP contribution >= 0.6 is 0 Å². The fourth-order valence-electron chi connectivity index (χ4n) is 1.90. The minimum atomic E-state index is -1.02. The van der Waals surface area contributed by atoms with Crippen LogP contribution < -0.4 is 15.4 Å². The molecule has 22 heavy (non-hydrogen) atoms. The van der Waals surface area contributed by atoms with Crippen molar-refractivity contribution in [1.82, 2.24) is 5.32 Å². The zero-order chi connectivity index (χ0) is 16.4. The summed E-state index contributed by atoms with van der Waals surface area (Å²) in [7, 11) is 0. The quantitative estimate of drug-likeness (QED) is 0.577. The van der Waals surface area contributed by atoms with E-state index in [0.717, 1.165) is 18.6 Å². The molecule has 0 unspecified atom stereocenters. The van der Waals surface area contributed by atoms with Gasteiger partial charge in [-0.3, -0.25) is 9.59 Å². The predicted octanol–water partition coefficient (Wildman–Crippen LogP) is 2.26. The number of carboxylic acid groups (broad SMARTS) is 1. The number of ether oxygens (including phenoxy) is 1. The second kappa shape index (κ2) is 9.78. The largest absolute Gasteiger partial charge is 0.494 e. The molecule has 0 radical (unpaired) electrons. The van der Waals surface area contributed by atoms with Gasteiger partial charge < -0.3 is 20.5 Å². The number of rotatable bonds is 10. The van der Waals surface area contributed by atoms with E-state index >= 15 is 0 Å². The Morgan fingerprint density at radius 1 is 1.23 bits per heavy atom. The first-order chi connectivity index (χ1) is 10.6. The number of anilines is 1. The first-order valence-corrected chi connectivity index (χ1v) is 7.55. The van der Waals surface area contributed by atoms with E-state index in [1.54, 1.807) is 24.3 Å². The van der Waals surface area contributed by atoms with Crippen molar-refractivity contribution in [2.45, 2.75) is 39.2 Å². The summed E-state index contributed by atoms with van der Waals surface area (Å²) < 4.78 is 5.32. The van der Waals surface area contributed by atoms with Crippen LogP contribution in [0.5, 0.6) is 5.75 Å². The summed E-state index contributed by atoms with van der Waals surface area (Å²) in [5.74, 6) is -0.622. The van der Waals surface area contributed by atoms with E-state index in [1.807, 2.05) is 13.8 Å². The average Bonchev–Trinajstić information content (AvgIpc) is 2.48. The number of carboxylic acids is 1. The lowest BCUT2D eigenvalue weighted by atomic mass is 10.2. The molecule has 0 aliphatic carbocycles. The van der Waals surface area contributed by atoms with Gasteiger partial charge in [0, 0.05) is 5.69 Å². The maximum absolute atomic E-state index is 11.9. The molecule has 0 bridgehead atoms. The molecule has 6 nitrogen and oxygen atoms in total. The van der Waals surface area contributed by atoms with Gasteiger partial charge in [0.25, 0.3) is 0 Å². The van der Waals surface area contributed by atoms with Crippen molar-refractivity contribution in [3.63, 3.8) is 0 Å². The van der Waals surface area contributed by atoms with E-state index in [1.165, 1.54) is 0 Å². The highest BCUT2D eigenvalue weighted by Crippen LogP contribution is 2.15. The zero-order valence-corrected chi connectivity index (χ0v) is 13.1. The van der Waals surface area contributed by atoms with Crippen LogP contribution in [0.25, 0.3) is 0 Å². The minimum absolute atomic E-state index is 0.105. The van der Waals surface area contributed by atoms with Gasteiger partial charge in [-0.2, -0.15) is 0 Å². The van der Waals surface area contributed by atoms with Gasteiger partial charge in [-0.1, -0.05) is 13.3 Å². The summed E-state index contributed by atoms with van der Waals surface area (Å²) in [6.07, 6.45) is 1.74. The van der Waals surface area contributed by atoms with Crippen LogP contribution in [0.15, 0.2) is 24.3 Å². The van der Waals surface area contributed by atoms with Crippen molar-refractivity contribution >= 4 is 17.6 Å². The van der Waals surface area contributed by atoms with Crippen LogP contribution in [0.3, 0.4) is 0 Å². The second-order valence-corrected chi connectivity index (χ2v) is 4.91. The lowest BCUT2D eigenvalue weighted by Crippen LogP contribution is -2.40. The Labute approximate surface area is 130 Å². The predicted molar refractivity (Wildman–Crippen MR) is 85.2 cm³/mol. The van der Waals surface area contributed by atoms with Crippen molar-refractivity contribution in [1.29, 1.82) is 0 Å². The Kier molecular flexibility index (Phi) is 7.99. The third-order valence-corrected chi connectivity index (χ3v) is 3.06. The number of unbranched alkanes of at least 4 members (excludes halogenated alkanes) is 1. The van der Waals surface area contributed by atoms with Crippen molar-refractivity contribution in [3.05, 3.63) is 24.3 Å². The van der Waals surface area contributed by atoms with Gasteiger partial charge in [0.1, 0.15) is 11.8 Å². The number of hydrogen-bond donors (Lipinski definition) is 3. The van der Waals surface area contributed by atoms with Gasteiger partial charge in [-0.15, -0.1) is 0 Å². The van der Waals surface area contributed by atoms with Crippen molar-refractivity contribution in [3.8, 4) is 5.75 Å². The molecule has 6 heteroatoms. The number of amides is 1. The van der Waals surface area contributed by atoms with Crippen LogP contribution in [0, 0.1) is 0 Å². The molecule has 0 heterocycles. The Morgan fingerprint density at radius 2 is 1.91 bits per heavy atom. The SMILES string of the molecule is CCCCN[C@H](CC(=O)Nc1ccc(OCC)cc1)C(=O)O. The smallest absolute Gasteiger partial charge is 0.321 e. The fourth-order valence-corrected chi connectivity index (χ4v) is 1.90. The van der Waals surface area contributed by atoms with Crippen molar-refractivity contribution < 1.29 is 19.4 Å². The molecule has 0 fully saturated rings. The van der Waals surface area contributed by atoms with E-state index in [0.29, 0.717) is 18.8 Å².